The highest BCUT2D eigenvalue weighted by Crippen LogP contribution is 2.39. The van der Waals surface area contributed by atoms with Gasteiger partial charge in [-0.2, -0.15) is 4.31 Å². The zero-order chi connectivity index (χ0) is 13.5. The summed E-state index contributed by atoms with van der Waals surface area (Å²) in [6.45, 7) is 0.759. The summed E-state index contributed by atoms with van der Waals surface area (Å²) in [6.07, 6.45) is 4.87. The van der Waals surface area contributed by atoms with E-state index in [1.54, 1.807) is 10.4 Å². The number of rotatable bonds is 7. The Hall–Kier alpha value is -0.430. The summed E-state index contributed by atoms with van der Waals surface area (Å²) in [5, 5.41) is 8.91. The predicted octanol–water partition coefficient (Wildman–Crippen LogP) is 1.85. The first kappa shape index (κ1) is 13.5. The summed E-state index contributed by atoms with van der Waals surface area (Å²) in [7, 11) is -3.32. The molecule has 3 rings (SSSR count). The van der Waals surface area contributed by atoms with E-state index in [2.05, 4.69) is 0 Å². The third kappa shape index (κ3) is 3.02. The molecule has 0 aliphatic heterocycles. The molecule has 106 valence electrons. The van der Waals surface area contributed by atoms with Crippen molar-refractivity contribution < 1.29 is 13.5 Å². The maximum atomic E-state index is 12.7. The van der Waals surface area contributed by atoms with Crippen LogP contribution in [0.15, 0.2) is 16.3 Å². The average Bonchev–Trinajstić information content (AvgIpc) is 3.27. The average molecular weight is 301 g/mol. The van der Waals surface area contributed by atoms with Gasteiger partial charge >= 0.3 is 0 Å². The Kier molecular flexibility index (Phi) is 3.68. The molecule has 0 amide bonds. The zero-order valence-electron chi connectivity index (χ0n) is 10.8. The summed E-state index contributed by atoms with van der Waals surface area (Å²) in [4.78, 5) is 0.934. The molecule has 0 radical (unpaired) electrons. The van der Waals surface area contributed by atoms with Gasteiger partial charge < -0.3 is 5.11 Å². The minimum Gasteiger partial charge on any atom is -0.396 e. The summed E-state index contributed by atoms with van der Waals surface area (Å²) >= 11 is 1.30. The summed E-state index contributed by atoms with van der Waals surface area (Å²) in [5.74, 6) is 0.576. The summed E-state index contributed by atoms with van der Waals surface area (Å²) in [6, 6.07) is 3.73. The van der Waals surface area contributed by atoms with Crippen molar-refractivity contribution in [1.82, 2.24) is 4.31 Å². The number of hydrogen-bond donors (Lipinski definition) is 1. The van der Waals surface area contributed by atoms with Crippen molar-refractivity contribution in [2.24, 2.45) is 5.92 Å². The Morgan fingerprint density at radius 3 is 2.58 bits per heavy atom. The van der Waals surface area contributed by atoms with E-state index in [4.69, 9.17) is 5.11 Å². The molecule has 4 nitrogen and oxygen atoms in total. The summed E-state index contributed by atoms with van der Waals surface area (Å²) < 4.78 is 27.5. The Bertz CT molecular complexity index is 544. The molecular formula is C13H19NO3S2. The van der Waals surface area contributed by atoms with Crippen molar-refractivity contribution in [2.75, 3.05) is 13.2 Å². The van der Waals surface area contributed by atoms with Crippen molar-refractivity contribution in [3.05, 3.63) is 17.0 Å². The van der Waals surface area contributed by atoms with Crippen LogP contribution in [0.4, 0.5) is 0 Å². The van der Waals surface area contributed by atoms with Gasteiger partial charge in [0.05, 0.1) is 0 Å². The van der Waals surface area contributed by atoms with Crippen molar-refractivity contribution in [2.45, 2.75) is 42.4 Å². The molecule has 2 aliphatic carbocycles. The van der Waals surface area contributed by atoms with Gasteiger partial charge in [-0.05, 0) is 43.7 Å². The van der Waals surface area contributed by atoms with Gasteiger partial charge in [0.2, 0.25) is 0 Å². The van der Waals surface area contributed by atoms with Gasteiger partial charge in [0, 0.05) is 30.5 Å². The van der Waals surface area contributed by atoms with E-state index < -0.39 is 10.0 Å². The van der Waals surface area contributed by atoms with Crippen LogP contribution in [0.1, 0.15) is 30.6 Å². The number of aliphatic hydroxyl groups is 1. The van der Waals surface area contributed by atoms with E-state index in [1.807, 2.05) is 6.07 Å². The predicted molar refractivity (Wildman–Crippen MR) is 74.7 cm³/mol. The third-order valence-electron chi connectivity index (χ3n) is 3.65. The molecule has 1 heterocycles. The molecule has 0 aromatic carbocycles. The van der Waals surface area contributed by atoms with Crippen molar-refractivity contribution >= 4 is 21.4 Å². The van der Waals surface area contributed by atoms with Gasteiger partial charge in [0.25, 0.3) is 10.0 Å². The highest BCUT2D eigenvalue weighted by molar-refractivity contribution is 7.91. The fourth-order valence-corrected chi connectivity index (χ4v) is 5.45. The molecule has 2 aliphatic rings. The minimum atomic E-state index is -3.32. The molecule has 19 heavy (non-hydrogen) atoms. The van der Waals surface area contributed by atoms with Gasteiger partial charge in [-0.3, -0.25) is 0 Å². The second-order valence-corrected chi connectivity index (χ2v) is 8.73. The van der Waals surface area contributed by atoms with Crippen molar-refractivity contribution in [3.8, 4) is 0 Å². The highest BCUT2D eigenvalue weighted by atomic mass is 32.2. The van der Waals surface area contributed by atoms with Crippen LogP contribution in [0.5, 0.6) is 0 Å². The lowest BCUT2D eigenvalue weighted by Gasteiger charge is -2.20. The van der Waals surface area contributed by atoms with Crippen LogP contribution in [-0.4, -0.2) is 37.0 Å². The van der Waals surface area contributed by atoms with Crippen molar-refractivity contribution in [3.63, 3.8) is 0 Å². The van der Waals surface area contributed by atoms with Gasteiger partial charge in [-0.1, -0.05) is 0 Å². The fourth-order valence-electron chi connectivity index (χ4n) is 2.22. The van der Waals surface area contributed by atoms with Crippen LogP contribution in [0.25, 0.3) is 0 Å². The molecule has 0 bridgehead atoms. The number of aliphatic hydroxyl groups excluding tert-OH is 1. The van der Waals surface area contributed by atoms with E-state index in [0.29, 0.717) is 23.1 Å². The van der Waals surface area contributed by atoms with Gasteiger partial charge in [0.1, 0.15) is 4.21 Å². The number of nitrogens with zero attached hydrogens (tertiary/aromatic N) is 1. The lowest BCUT2D eigenvalue weighted by atomic mass is 10.4. The lowest BCUT2D eigenvalue weighted by molar-refractivity contribution is 0.300. The molecule has 0 unspecified atom stereocenters. The van der Waals surface area contributed by atoms with Crippen molar-refractivity contribution in [1.29, 1.82) is 0 Å². The van der Waals surface area contributed by atoms with E-state index in [0.717, 1.165) is 17.7 Å². The van der Waals surface area contributed by atoms with Crippen LogP contribution in [0, 0.1) is 5.92 Å². The van der Waals surface area contributed by atoms with E-state index in [9.17, 15) is 8.42 Å². The quantitative estimate of drug-likeness (QED) is 0.836. The Morgan fingerprint density at radius 1 is 1.26 bits per heavy atom. The van der Waals surface area contributed by atoms with Crippen LogP contribution >= 0.6 is 11.3 Å². The minimum absolute atomic E-state index is 0.0639. The molecule has 0 atom stereocenters. The van der Waals surface area contributed by atoms with Crippen LogP contribution in [0.2, 0.25) is 0 Å². The molecule has 6 heteroatoms. The zero-order valence-corrected chi connectivity index (χ0v) is 12.4. The monoisotopic (exact) mass is 301 g/mol. The fraction of sp³-hybridized carbons (Fsp3) is 0.692. The largest absolute Gasteiger partial charge is 0.396 e. The van der Waals surface area contributed by atoms with Crippen LogP contribution in [0.3, 0.4) is 0 Å². The van der Waals surface area contributed by atoms with E-state index >= 15 is 0 Å². The Balaban J connectivity index is 1.81. The molecule has 1 N–H and O–H groups in total. The first-order chi connectivity index (χ1) is 9.11. The molecule has 2 fully saturated rings. The van der Waals surface area contributed by atoms with Gasteiger partial charge in [-0.15, -0.1) is 11.3 Å². The lowest BCUT2D eigenvalue weighted by Crippen LogP contribution is -2.34. The molecule has 1 aromatic heterocycles. The number of hydrogen-bond acceptors (Lipinski definition) is 4. The molecule has 0 saturated heterocycles. The Labute approximate surface area is 118 Å². The molecule has 2 saturated carbocycles. The van der Waals surface area contributed by atoms with E-state index in [-0.39, 0.29) is 12.6 Å². The number of sulfonamides is 1. The highest BCUT2D eigenvalue weighted by Gasteiger charge is 2.41. The number of thiophene rings is 1. The smallest absolute Gasteiger partial charge is 0.252 e. The molecule has 0 spiro atoms. The Morgan fingerprint density at radius 2 is 2.00 bits per heavy atom. The van der Waals surface area contributed by atoms with Crippen LogP contribution in [-0.2, 0) is 16.4 Å². The first-order valence-electron chi connectivity index (χ1n) is 6.82. The molecule has 1 aromatic rings. The summed E-state index contributed by atoms with van der Waals surface area (Å²) in [5.41, 5.74) is 0. The van der Waals surface area contributed by atoms with Gasteiger partial charge in [-0.25, -0.2) is 8.42 Å². The topological polar surface area (TPSA) is 57.6 Å². The first-order valence-corrected chi connectivity index (χ1v) is 9.08. The van der Waals surface area contributed by atoms with E-state index in [1.165, 1.54) is 24.2 Å². The SMILES string of the molecule is O=S(=O)(c1ccc(CCO)s1)N(CC1CC1)C1CC1. The maximum absolute atomic E-state index is 12.7. The third-order valence-corrected chi connectivity index (χ3v) is 7.18. The second-order valence-electron chi connectivity index (χ2n) is 5.44. The standard InChI is InChI=1S/C13H19NO3S2/c15-8-7-12-5-6-13(18-12)19(16,17)14(11-3-4-11)9-10-1-2-10/h5-6,10-11,15H,1-4,7-9H2. The van der Waals surface area contributed by atoms with Gasteiger partial charge in [0.15, 0.2) is 0 Å². The normalized spacial score (nSPS) is 20.1. The van der Waals surface area contributed by atoms with Crippen LogP contribution < -0.4 is 0 Å². The molecular weight excluding hydrogens is 282 g/mol. The maximum Gasteiger partial charge on any atom is 0.252 e. The second kappa shape index (κ2) is 5.16.